The van der Waals surface area contributed by atoms with Crippen LogP contribution in [0.4, 0.5) is 0 Å². The topological polar surface area (TPSA) is 70.8 Å². The second-order valence-electron chi connectivity index (χ2n) is 6.80. The fourth-order valence-electron chi connectivity index (χ4n) is 3.60. The first-order chi connectivity index (χ1) is 13.4. The molecule has 2 heterocycles. The predicted octanol–water partition coefficient (Wildman–Crippen LogP) is 4.44. The molecule has 1 N–H and O–H groups in total. The van der Waals surface area contributed by atoms with Crippen LogP contribution in [0, 0.1) is 6.92 Å². The van der Waals surface area contributed by atoms with E-state index >= 15 is 0 Å². The Kier molecular flexibility index (Phi) is 5.04. The first-order valence-electron chi connectivity index (χ1n) is 8.86. The third-order valence-corrected chi connectivity index (χ3v) is 5.93. The molecule has 0 aliphatic carbocycles. The molecular formula is C21H17BrClNO4. The molecular weight excluding hydrogens is 446 g/mol. The highest BCUT2D eigenvalue weighted by molar-refractivity contribution is 9.10. The number of hydrogen-bond acceptors (Lipinski definition) is 4. The molecule has 0 radical (unpaired) electrons. The molecule has 0 saturated heterocycles. The summed E-state index contributed by atoms with van der Waals surface area (Å²) < 4.78 is 6.80. The molecule has 1 aromatic heterocycles. The zero-order valence-corrected chi connectivity index (χ0v) is 17.4. The number of carbonyl (C=O) groups excluding carboxylic acids is 1. The summed E-state index contributed by atoms with van der Waals surface area (Å²) in [6.45, 7) is 2.08. The minimum absolute atomic E-state index is 0.0503. The van der Waals surface area contributed by atoms with Crippen molar-refractivity contribution < 1.29 is 14.3 Å². The number of halogens is 2. The lowest BCUT2D eigenvalue weighted by atomic mass is 9.98. The van der Waals surface area contributed by atoms with Gasteiger partial charge in [0.1, 0.15) is 5.58 Å². The Labute approximate surface area is 174 Å². The Morgan fingerprint density at radius 3 is 2.61 bits per heavy atom. The van der Waals surface area contributed by atoms with Crippen LogP contribution >= 0.6 is 27.5 Å². The Hall–Kier alpha value is -2.15. The average molecular weight is 463 g/mol. The van der Waals surface area contributed by atoms with Crippen molar-refractivity contribution in [2.45, 2.75) is 19.4 Å². The van der Waals surface area contributed by atoms with Crippen molar-refractivity contribution in [2.75, 3.05) is 13.2 Å². The van der Waals surface area contributed by atoms with Gasteiger partial charge >= 0.3 is 0 Å². The maximum atomic E-state index is 13.3. The van der Waals surface area contributed by atoms with Crippen LogP contribution in [-0.4, -0.2) is 29.1 Å². The van der Waals surface area contributed by atoms with Crippen LogP contribution in [0.25, 0.3) is 11.0 Å². The number of rotatable bonds is 4. The quantitative estimate of drug-likeness (QED) is 0.622. The number of benzene rings is 2. The van der Waals surface area contributed by atoms with Crippen LogP contribution in [-0.2, 0) is 0 Å². The summed E-state index contributed by atoms with van der Waals surface area (Å²) in [7, 11) is 0. The summed E-state index contributed by atoms with van der Waals surface area (Å²) >= 11 is 9.62. The first kappa shape index (κ1) is 19.2. The van der Waals surface area contributed by atoms with E-state index in [1.807, 2.05) is 31.2 Å². The summed E-state index contributed by atoms with van der Waals surface area (Å²) in [5.74, 6) is -0.284. The van der Waals surface area contributed by atoms with Gasteiger partial charge in [0, 0.05) is 22.6 Å². The molecule has 28 heavy (non-hydrogen) atoms. The Morgan fingerprint density at radius 2 is 1.93 bits per heavy atom. The second kappa shape index (κ2) is 7.35. The number of aliphatic hydroxyl groups is 1. The molecule has 0 fully saturated rings. The summed E-state index contributed by atoms with van der Waals surface area (Å²) in [5.41, 5.74) is 1.98. The maximum Gasteiger partial charge on any atom is 0.290 e. The summed E-state index contributed by atoms with van der Waals surface area (Å²) in [6, 6.07) is 10.2. The normalized spacial score (nSPS) is 16.1. The highest BCUT2D eigenvalue weighted by atomic mass is 79.9. The van der Waals surface area contributed by atoms with Crippen molar-refractivity contribution in [1.29, 1.82) is 0 Å². The van der Waals surface area contributed by atoms with Gasteiger partial charge in [0.2, 0.25) is 5.76 Å². The van der Waals surface area contributed by atoms with Gasteiger partial charge in [-0.15, -0.1) is 0 Å². The number of hydrogen-bond donors (Lipinski definition) is 1. The van der Waals surface area contributed by atoms with E-state index in [0.29, 0.717) is 34.5 Å². The van der Waals surface area contributed by atoms with E-state index in [1.165, 1.54) is 0 Å². The van der Waals surface area contributed by atoms with Crippen LogP contribution < -0.4 is 5.43 Å². The molecule has 1 amide bonds. The molecule has 2 aromatic carbocycles. The lowest BCUT2D eigenvalue weighted by molar-refractivity contribution is 0.0716. The Morgan fingerprint density at radius 1 is 1.21 bits per heavy atom. The highest BCUT2D eigenvalue weighted by Gasteiger charge is 2.42. The van der Waals surface area contributed by atoms with Gasteiger partial charge in [0.15, 0.2) is 5.43 Å². The molecule has 0 spiro atoms. The lowest BCUT2D eigenvalue weighted by Gasteiger charge is -2.24. The second-order valence-corrected chi connectivity index (χ2v) is 8.12. The minimum Gasteiger partial charge on any atom is -0.450 e. The molecule has 7 heteroatoms. The predicted molar refractivity (Wildman–Crippen MR) is 111 cm³/mol. The third kappa shape index (κ3) is 3.05. The first-order valence-corrected chi connectivity index (χ1v) is 10.0. The Balaban J connectivity index is 1.98. The average Bonchev–Trinajstić information content (AvgIpc) is 2.95. The van der Waals surface area contributed by atoms with E-state index in [1.54, 1.807) is 17.0 Å². The largest absolute Gasteiger partial charge is 0.450 e. The number of aryl methyl sites for hydroxylation is 1. The van der Waals surface area contributed by atoms with E-state index in [-0.39, 0.29) is 23.7 Å². The highest BCUT2D eigenvalue weighted by Crippen LogP contribution is 2.39. The van der Waals surface area contributed by atoms with Gasteiger partial charge in [-0.2, -0.15) is 0 Å². The zero-order valence-electron chi connectivity index (χ0n) is 15.0. The Bertz CT molecular complexity index is 1140. The van der Waals surface area contributed by atoms with Gasteiger partial charge in [-0.05, 0) is 48.7 Å². The van der Waals surface area contributed by atoms with Gasteiger partial charge in [-0.3, -0.25) is 9.59 Å². The van der Waals surface area contributed by atoms with E-state index in [0.717, 1.165) is 15.6 Å². The number of aliphatic hydroxyl groups excluding tert-OH is 1. The lowest BCUT2D eigenvalue weighted by Crippen LogP contribution is -2.31. The monoisotopic (exact) mass is 461 g/mol. The molecule has 1 aliphatic rings. The standard InChI is InChI=1S/C21H17BrClNO4/c1-11-9-16-14(10-15(11)23)19(26)17-18(12-3-5-13(22)6-4-12)24(7-2-8-25)21(27)20(17)28-16/h3-6,9-10,18,25H,2,7-8H2,1H3. The van der Waals surface area contributed by atoms with Crippen molar-refractivity contribution in [3.63, 3.8) is 0 Å². The smallest absolute Gasteiger partial charge is 0.290 e. The summed E-state index contributed by atoms with van der Waals surface area (Å²) in [5, 5.41) is 10.1. The molecule has 1 aliphatic heterocycles. The number of fused-ring (bicyclic) bond motifs is 2. The molecule has 0 bridgehead atoms. The van der Waals surface area contributed by atoms with Crippen molar-refractivity contribution in [3.8, 4) is 0 Å². The van der Waals surface area contributed by atoms with Crippen LogP contribution in [0.2, 0.25) is 5.02 Å². The van der Waals surface area contributed by atoms with Gasteiger partial charge < -0.3 is 14.4 Å². The number of amides is 1. The van der Waals surface area contributed by atoms with E-state index in [2.05, 4.69) is 15.9 Å². The van der Waals surface area contributed by atoms with E-state index in [9.17, 15) is 14.7 Å². The van der Waals surface area contributed by atoms with Crippen LogP contribution in [0.1, 0.15) is 39.7 Å². The van der Waals surface area contributed by atoms with Crippen molar-refractivity contribution in [1.82, 2.24) is 4.90 Å². The zero-order chi connectivity index (χ0) is 20.0. The van der Waals surface area contributed by atoms with Crippen molar-refractivity contribution in [2.24, 2.45) is 0 Å². The molecule has 144 valence electrons. The number of carbonyl (C=O) groups is 1. The molecule has 0 saturated carbocycles. The molecule has 4 rings (SSSR count). The fraction of sp³-hybridized carbons (Fsp3) is 0.238. The van der Waals surface area contributed by atoms with Gasteiger partial charge in [-0.25, -0.2) is 0 Å². The molecule has 1 atom stereocenters. The van der Waals surface area contributed by atoms with Crippen LogP contribution in [0.5, 0.6) is 0 Å². The fourth-order valence-corrected chi connectivity index (χ4v) is 4.03. The SMILES string of the molecule is Cc1cc2oc3c(c(=O)c2cc1Cl)C(c1ccc(Br)cc1)N(CCCO)C3=O. The van der Waals surface area contributed by atoms with E-state index < -0.39 is 6.04 Å². The van der Waals surface area contributed by atoms with Gasteiger partial charge in [0.05, 0.1) is 17.0 Å². The third-order valence-electron chi connectivity index (χ3n) is 4.99. The molecule has 5 nitrogen and oxygen atoms in total. The number of nitrogens with zero attached hydrogens (tertiary/aromatic N) is 1. The maximum absolute atomic E-state index is 13.3. The van der Waals surface area contributed by atoms with Crippen LogP contribution in [0.15, 0.2) is 50.1 Å². The van der Waals surface area contributed by atoms with Gasteiger partial charge in [0.25, 0.3) is 5.91 Å². The van der Waals surface area contributed by atoms with Crippen LogP contribution in [0.3, 0.4) is 0 Å². The minimum atomic E-state index is -0.567. The van der Waals surface area contributed by atoms with Gasteiger partial charge in [-0.1, -0.05) is 39.7 Å². The van der Waals surface area contributed by atoms with Crippen molar-refractivity contribution >= 4 is 44.4 Å². The molecule has 3 aromatic rings. The molecule has 1 unspecified atom stereocenters. The summed E-state index contributed by atoms with van der Waals surface area (Å²) in [4.78, 5) is 28.0. The van der Waals surface area contributed by atoms with Crippen molar-refractivity contribution in [3.05, 3.63) is 78.6 Å². The summed E-state index contributed by atoms with van der Waals surface area (Å²) in [6.07, 6.45) is 0.408. The van der Waals surface area contributed by atoms with E-state index in [4.69, 9.17) is 16.0 Å².